The van der Waals surface area contributed by atoms with Crippen LogP contribution in [0.4, 0.5) is 4.39 Å². The zero-order valence-corrected chi connectivity index (χ0v) is 11.4. The molecule has 0 aromatic heterocycles. The summed E-state index contributed by atoms with van der Waals surface area (Å²) < 4.78 is 18.6. The molecule has 106 valence electrons. The summed E-state index contributed by atoms with van der Waals surface area (Å²) in [4.78, 5) is 11.3. The first-order chi connectivity index (χ1) is 8.85. The van der Waals surface area contributed by atoms with E-state index in [0.717, 1.165) is 0 Å². The Balaban J connectivity index is 2.58. The average Bonchev–Trinajstić information content (AvgIpc) is 2.30. The third-order valence-electron chi connectivity index (χ3n) is 2.78. The van der Waals surface area contributed by atoms with Crippen LogP contribution in [-0.2, 0) is 4.79 Å². The van der Waals surface area contributed by atoms with E-state index in [1.54, 1.807) is 19.1 Å². The Kier molecular flexibility index (Phi) is 5.30. The summed E-state index contributed by atoms with van der Waals surface area (Å²) >= 11 is 0. The molecule has 1 aromatic rings. The lowest BCUT2D eigenvalue weighted by molar-refractivity contribution is -0.145. The Morgan fingerprint density at radius 3 is 2.63 bits per heavy atom. The number of hydrogen-bond acceptors (Lipinski definition) is 3. The van der Waals surface area contributed by atoms with Crippen molar-refractivity contribution in [1.29, 1.82) is 0 Å². The van der Waals surface area contributed by atoms with E-state index in [1.165, 1.54) is 12.1 Å². The van der Waals surface area contributed by atoms with Crippen molar-refractivity contribution in [2.75, 3.05) is 6.61 Å². The van der Waals surface area contributed by atoms with Gasteiger partial charge in [0.05, 0.1) is 6.61 Å². The van der Waals surface area contributed by atoms with Crippen LogP contribution in [-0.4, -0.2) is 29.3 Å². The topological polar surface area (TPSA) is 58.6 Å². The van der Waals surface area contributed by atoms with Crippen LogP contribution in [0.25, 0.3) is 0 Å². The van der Waals surface area contributed by atoms with Crippen LogP contribution >= 0.6 is 0 Å². The van der Waals surface area contributed by atoms with Crippen molar-refractivity contribution in [2.24, 2.45) is 0 Å². The number of carboxylic acid groups (broad SMARTS) is 1. The fourth-order valence-corrected chi connectivity index (χ4v) is 1.80. The second kappa shape index (κ2) is 6.52. The highest BCUT2D eigenvalue weighted by molar-refractivity contribution is 5.78. The average molecular weight is 269 g/mol. The van der Waals surface area contributed by atoms with E-state index in [2.05, 4.69) is 5.32 Å². The fraction of sp³-hybridized carbons (Fsp3) is 0.500. The highest BCUT2D eigenvalue weighted by Gasteiger charge is 2.33. The number of rotatable bonds is 7. The summed E-state index contributed by atoms with van der Waals surface area (Å²) in [7, 11) is 0. The van der Waals surface area contributed by atoms with Crippen LogP contribution in [0.15, 0.2) is 24.3 Å². The predicted molar refractivity (Wildman–Crippen MR) is 70.8 cm³/mol. The number of benzene rings is 1. The first kappa shape index (κ1) is 15.4. The molecular formula is C14H20FNO3. The van der Waals surface area contributed by atoms with Gasteiger partial charge in [-0.2, -0.15) is 0 Å². The van der Waals surface area contributed by atoms with Crippen LogP contribution in [0, 0.1) is 5.82 Å². The van der Waals surface area contributed by atoms with E-state index in [9.17, 15) is 14.3 Å². The summed E-state index contributed by atoms with van der Waals surface area (Å²) in [6, 6.07) is 6.10. The molecule has 0 aliphatic rings. The van der Waals surface area contributed by atoms with E-state index in [-0.39, 0.29) is 24.8 Å². The summed E-state index contributed by atoms with van der Waals surface area (Å²) in [5.74, 6) is -1.26. The van der Waals surface area contributed by atoms with Crippen molar-refractivity contribution in [2.45, 2.75) is 38.8 Å². The molecule has 1 unspecified atom stereocenters. The van der Waals surface area contributed by atoms with Gasteiger partial charge in [-0.3, -0.25) is 10.1 Å². The molecule has 0 spiro atoms. The lowest BCUT2D eigenvalue weighted by atomic mass is 9.97. The standard InChI is InChI=1S/C14H20FNO3/c1-10(2)16-14(3,13(17)18)8-9-19-12-7-5-4-6-11(12)15/h4-7,10,16H,8-9H2,1-3H3,(H,17,18). The maximum absolute atomic E-state index is 13.3. The van der Waals surface area contributed by atoms with Gasteiger partial charge in [0.2, 0.25) is 0 Å². The summed E-state index contributed by atoms with van der Waals surface area (Å²) in [5, 5.41) is 12.2. The summed E-state index contributed by atoms with van der Waals surface area (Å²) in [6.45, 7) is 5.47. The Bertz CT molecular complexity index is 436. The quantitative estimate of drug-likeness (QED) is 0.798. The molecule has 19 heavy (non-hydrogen) atoms. The number of carboxylic acids is 1. The normalized spacial score (nSPS) is 14.2. The second-order valence-electron chi connectivity index (χ2n) is 4.97. The number of carbonyl (C=O) groups is 1. The third kappa shape index (κ3) is 4.52. The molecule has 0 radical (unpaired) electrons. The van der Waals surface area contributed by atoms with Crippen LogP contribution in [0.2, 0.25) is 0 Å². The Morgan fingerprint density at radius 2 is 2.11 bits per heavy atom. The molecule has 1 aromatic carbocycles. The van der Waals surface area contributed by atoms with Crippen molar-refractivity contribution in [1.82, 2.24) is 5.32 Å². The van der Waals surface area contributed by atoms with E-state index < -0.39 is 17.3 Å². The van der Waals surface area contributed by atoms with E-state index in [4.69, 9.17) is 4.74 Å². The Morgan fingerprint density at radius 1 is 1.47 bits per heavy atom. The van der Waals surface area contributed by atoms with Gasteiger partial charge in [-0.05, 0) is 32.9 Å². The number of nitrogens with one attached hydrogen (secondary N) is 1. The van der Waals surface area contributed by atoms with Crippen LogP contribution in [0.3, 0.4) is 0 Å². The monoisotopic (exact) mass is 269 g/mol. The fourth-order valence-electron chi connectivity index (χ4n) is 1.80. The maximum Gasteiger partial charge on any atom is 0.323 e. The van der Waals surface area contributed by atoms with Crippen molar-refractivity contribution >= 4 is 5.97 Å². The predicted octanol–water partition coefficient (Wildman–Crippen LogP) is 2.44. The molecule has 0 aliphatic carbocycles. The third-order valence-corrected chi connectivity index (χ3v) is 2.78. The van der Waals surface area contributed by atoms with E-state index in [1.807, 2.05) is 13.8 Å². The van der Waals surface area contributed by atoms with Crippen LogP contribution in [0.5, 0.6) is 5.75 Å². The molecule has 0 saturated carbocycles. The minimum atomic E-state index is -1.08. The first-order valence-electron chi connectivity index (χ1n) is 6.23. The molecule has 0 heterocycles. The number of hydrogen-bond donors (Lipinski definition) is 2. The van der Waals surface area contributed by atoms with Crippen molar-refractivity contribution in [3.63, 3.8) is 0 Å². The second-order valence-corrected chi connectivity index (χ2v) is 4.97. The number of halogens is 1. The Hall–Kier alpha value is -1.62. The van der Waals surface area contributed by atoms with E-state index in [0.29, 0.717) is 0 Å². The van der Waals surface area contributed by atoms with Gasteiger partial charge in [-0.1, -0.05) is 12.1 Å². The molecule has 2 N–H and O–H groups in total. The van der Waals surface area contributed by atoms with E-state index >= 15 is 0 Å². The van der Waals surface area contributed by atoms with Gasteiger partial charge in [0, 0.05) is 12.5 Å². The number of ether oxygens (including phenoxy) is 1. The zero-order valence-electron chi connectivity index (χ0n) is 11.4. The van der Waals surface area contributed by atoms with Gasteiger partial charge in [0.15, 0.2) is 11.6 Å². The van der Waals surface area contributed by atoms with Gasteiger partial charge in [0.25, 0.3) is 0 Å². The van der Waals surface area contributed by atoms with Crippen molar-refractivity contribution < 1.29 is 19.0 Å². The highest BCUT2D eigenvalue weighted by atomic mass is 19.1. The summed E-state index contributed by atoms with van der Waals surface area (Å²) in [6.07, 6.45) is 0.245. The molecule has 0 aliphatic heterocycles. The number of aliphatic carboxylic acids is 1. The molecule has 0 bridgehead atoms. The minimum Gasteiger partial charge on any atom is -0.490 e. The lowest BCUT2D eigenvalue weighted by Crippen LogP contribution is -2.53. The largest absolute Gasteiger partial charge is 0.490 e. The van der Waals surface area contributed by atoms with Gasteiger partial charge >= 0.3 is 5.97 Å². The van der Waals surface area contributed by atoms with Crippen LogP contribution in [0.1, 0.15) is 27.2 Å². The number of para-hydroxylation sites is 1. The smallest absolute Gasteiger partial charge is 0.323 e. The Labute approximate surface area is 112 Å². The zero-order chi connectivity index (χ0) is 14.5. The van der Waals surface area contributed by atoms with Gasteiger partial charge in [0.1, 0.15) is 5.54 Å². The molecule has 0 saturated heterocycles. The molecule has 4 nitrogen and oxygen atoms in total. The van der Waals surface area contributed by atoms with Crippen molar-refractivity contribution in [3.05, 3.63) is 30.1 Å². The summed E-state index contributed by atoms with van der Waals surface area (Å²) in [5.41, 5.74) is -1.08. The molecule has 1 atom stereocenters. The maximum atomic E-state index is 13.3. The lowest BCUT2D eigenvalue weighted by Gasteiger charge is -2.28. The van der Waals surface area contributed by atoms with Gasteiger partial charge in [-0.25, -0.2) is 4.39 Å². The highest BCUT2D eigenvalue weighted by Crippen LogP contribution is 2.18. The molecule has 0 amide bonds. The van der Waals surface area contributed by atoms with Gasteiger partial charge < -0.3 is 9.84 Å². The molecular weight excluding hydrogens is 249 g/mol. The molecule has 5 heteroatoms. The minimum absolute atomic E-state index is 0.0366. The van der Waals surface area contributed by atoms with Gasteiger partial charge in [-0.15, -0.1) is 0 Å². The SMILES string of the molecule is CC(C)NC(C)(CCOc1ccccc1F)C(=O)O. The molecule has 1 rings (SSSR count). The van der Waals surface area contributed by atoms with Crippen LogP contribution < -0.4 is 10.1 Å². The van der Waals surface area contributed by atoms with Crippen molar-refractivity contribution in [3.8, 4) is 5.75 Å². The first-order valence-corrected chi connectivity index (χ1v) is 6.23. The molecule has 0 fully saturated rings.